The highest BCUT2D eigenvalue weighted by molar-refractivity contribution is 6.17. The van der Waals surface area contributed by atoms with E-state index in [9.17, 15) is 0 Å². The molecule has 12 heavy (non-hydrogen) atoms. The number of aliphatic hydroxyl groups excluding tert-OH is 1. The van der Waals surface area contributed by atoms with E-state index in [4.69, 9.17) is 21.4 Å². The van der Waals surface area contributed by atoms with E-state index in [0.29, 0.717) is 18.0 Å². The fourth-order valence-corrected chi connectivity index (χ4v) is 1.72. The topological polar surface area (TPSA) is 29.5 Å². The fraction of sp³-hybridized carbons (Fsp3) is 1.00. The van der Waals surface area contributed by atoms with Crippen molar-refractivity contribution in [3.05, 3.63) is 0 Å². The van der Waals surface area contributed by atoms with Gasteiger partial charge in [0.1, 0.15) is 0 Å². The number of aliphatic hydroxyl groups is 1. The first-order chi connectivity index (χ1) is 5.81. The number of hydrogen-bond donors (Lipinski definition) is 1. The molecule has 1 unspecified atom stereocenters. The van der Waals surface area contributed by atoms with Crippen LogP contribution in [0.25, 0.3) is 0 Å². The van der Waals surface area contributed by atoms with E-state index >= 15 is 0 Å². The monoisotopic (exact) mass is 210 g/mol. The van der Waals surface area contributed by atoms with Crippen molar-refractivity contribution in [3.8, 4) is 0 Å². The lowest BCUT2D eigenvalue weighted by molar-refractivity contribution is 0.0675. The van der Waals surface area contributed by atoms with Crippen LogP contribution in [0.15, 0.2) is 0 Å². The van der Waals surface area contributed by atoms with Gasteiger partial charge in [-0.25, -0.2) is 0 Å². The van der Waals surface area contributed by atoms with Crippen LogP contribution in [0.5, 0.6) is 0 Å². The predicted octanol–water partition coefficient (Wildman–Crippen LogP) is 0.486. The minimum Gasteiger partial charge on any atom is -0.396 e. The second kappa shape index (κ2) is 9.51. The Morgan fingerprint density at radius 2 is 2.25 bits per heavy atom. The fourth-order valence-electron chi connectivity index (χ4n) is 0.961. The van der Waals surface area contributed by atoms with Crippen LogP contribution in [0.3, 0.4) is 0 Å². The van der Waals surface area contributed by atoms with Crippen LogP contribution in [0.1, 0.15) is 25.7 Å². The van der Waals surface area contributed by atoms with Crippen molar-refractivity contribution in [3.63, 3.8) is 0 Å². The molecule has 1 saturated heterocycles. The maximum Gasteiger partial charge on any atom is 0.0465 e. The molecule has 4 heteroatoms. The van der Waals surface area contributed by atoms with Crippen molar-refractivity contribution < 1.29 is 9.84 Å². The normalized spacial score (nSPS) is 23.0. The maximum absolute atomic E-state index is 7.98. The first-order valence-electron chi connectivity index (χ1n) is 4.59. The molecule has 1 rings (SSSR count). The van der Waals surface area contributed by atoms with Crippen LogP contribution < -0.4 is 0 Å². The molecule has 0 saturated carbocycles. The molecule has 0 radical (unpaired) electrons. The van der Waals surface area contributed by atoms with Gasteiger partial charge in [-0.3, -0.25) is 0 Å². The first kappa shape index (κ1) is 12.4. The van der Waals surface area contributed by atoms with Crippen LogP contribution >= 0.6 is 11.6 Å². The van der Waals surface area contributed by atoms with E-state index in [1.54, 1.807) is 0 Å². The van der Waals surface area contributed by atoms with Gasteiger partial charge in [-0.2, -0.15) is 0 Å². The summed E-state index contributed by atoms with van der Waals surface area (Å²) in [4.78, 5) is 0. The summed E-state index contributed by atoms with van der Waals surface area (Å²) < 4.78 is 5.34. The van der Waals surface area contributed by atoms with Gasteiger partial charge in [0.05, 0.1) is 0 Å². The summed E-state index contributed by atoms with van der Waals surface area (Å²) in [7, 11) is 1.23. The van der Waals surface area contributed by atoms with Crippen LogP contribution in [0.2, 0.25) is 0 Å². The molecule has 2 nitrogen and oxygen atoms in total. The third-order valence-corrected chi connectivity index (χ3v) is 2.88. The average Bonchev–Trinajstić information content (AvgIpc) is 2.08. The Morgan fingerprint density at radius 3 is 2.42 bits per heavy atom. The molecule has 0 aromatic rings. The minimum absolute atomic E-state index is 0.212. The number of halogens is 1. The molecule has 1 aliphatic heterocycles. The Morgan fingerprint density at radius 1 is 1.50 bits per heavy atom. The SMILES string of the molecule is OCCCCl.[SiH3]C1CCCCO1. The van der Waals surface area contributed by atoms with E-state index in [-0.39, 0.29) is 6.61 Å². The van der Waals surface area contributed by atoms with Crippen LogP contribution in [-0.2, 0) is 4.74 Å². The lowest BCUT2D eigenvalue weighted by atomic mass is 10.2. The lowest BCUT2D eigenvalue weighted by Crippen LogP contribution is -2.18. The van der Waals surface area contributed by atoms with Crippen molar-refractivity contribution in [2.24, 2.45) is 0 Å². The van der Waals surface area contributed by atoms with Gasteiger partial charge in [0.2, 0.25) is 0 Å². The molecular weight excluding hydrogens is 192 g/mol. The highest BCUT2D eigenvalue weighted by Crippen LogP contribution is 2.08. The third kappa shape index (κ3) is 8.52. The van der Waals surface area contributed by atoms with E-state index < -0.39 is 0 Å². The van der Waals surface area contributed by atoms with Crippen LogP contribution in [0.4, 0.5) is 0 Å². The van der Waals surface area contributed by atoms with Crippen molar-refractivity contribution in [2.75, 3.05) is 19.1 Å². The maximum atomic E-state index is 7.98. The van der Waals surface area contributed by atoms with Crippen molar-refractivity contribution in [2.45, 2.75) is 31.4 Å². The van der Waals surface area contributed by atoms with Gasteiger partial charge in [0, 0.05) is 35.1 Å². The van der Waals surface area contributed by atoms with Crippen LogP contribution in [-0.4, -0.2) is 40.2 Å². The summed E-state index contributed by atoms with van der Waals surface area (Å²) in [5, 5.41) is 7.98. The summed E-state index contributed by atoms with van der Waals surface area (Å²) in [6.45, 7) is 1.23. The lowest BCUT2D eigenvalue weighted by Gasteiger charge is -2.17. The number of rotatable bonds is 2. The molecule has 0 spiro atoms. The van der Waals surface area contributed by atoms with Gasteiger partial charge in [0.25, 0.3) is 0 Å². The summed E-state index contributed by atoms with van der Waals surface area (Å²) in [5.41, 5.74) is 0.675. The zero-order valence-corrected chi connectivity index (χ0v) is 10.5. The highest BCUT2D eigenvalue weighted by Gasteiger charge is 2.05. The highest BCUT2D eigenvalue weighted by atomic mass is 35.5. The largest absolute Gasteiger partial charge is 0.396 e. The van der Waals surface area contributed by atoms with E-state index in [1.165, 1.54) is 29.5 Å². The zero-order chi connectivity index (χ0) is 9.23. The first-order valence-corrected chi connectivity index (χ1v) is 6.28. The smallest absolute Gasteiger partial charge is 0.0465 e. The van der Waals surface area contributed by atoms with Crippen molar-refractivity contribution in [1.29, 1.82) is 0 Å². The molecule has 1 aliphatic rings. The van der Waals surface area contributed by atoms with Crippen LogP contribution in [0, 0.1) is 0 Å². The minimum atomic E-state index is 0.212. The molecule has 1 heterocycles. The second-order valence-electron chi connectivity index (χ2n) is 2.94. The van der Waals surface area contributed by atoms with Crippen molar-refractivity contribution in [1.82, 2.24) is 0 Å². The Hall–Kier alpha value is 0.427. The zero-order valence-electron chi connectivity index (χ0n) is 7.76. The standard InChI is InChI=1S/C5H12OSi.C3H7ClO/c7-5-3-1-2-4-6-5;4-2-1-3-5/h5H,1-4H2,7H3;5H,1-3H2. The second-order valence-corrected chi connectivity index (χ2v) is 4.61. The van der Waals surface area contributed by atoms with E-state index in [1.807, 2.05) is 0 Å². The summed E-state index contributed by atoms with van der Waals surface area (Å²) in [5.74, 6) is 0.566. The Kier molecular flexibility index (Phi) is 9.85. The quantitative estimate of drug-likeness (QED) is 0.531. The van der Waals surface area contributed by atoms with Gasteiger partial charge in [0.15, 0.2) is 0 Å². The predicted molar refractivity (Wildman–Crippen MR) is 56.0 cm³/mol. The molecule has 74 valence electrons. The van der Waals surface area contributed by atoms with Gasteiger partial charge in [-0.15, -0.1) is 11.6 Å². The molecule has 1 atom stereocenters. The molecule has 0 aliphatic carbocycles. The molecule has 0 amide bonds. The van der Waals surface area contributed by atoms with Gasteiger partial charge in [-0.05, 0) is 25.7 Å². The Bertz CT molecular complexity index is 85.1. The molecular formula is C8H19ClO2Si. The Labute approximate surface area is 82.7 Å². The average molecular weight is 211 g/mol. The number of alkyl halides is 1. The van der Waals surface area contributed by atoms with Gasteiger partial charge in [-0.1, -0.05) is 0 Å². The molecule has 0 aromatic carbocycles. The third-order valence-electron chi connectivity index (χ3n) is 1.70. The molecule has 0 bridgehead atoms. The summed E-state index contributed by atoms with van der Waals surface area (Å²) >= 11 is 5.14. The number of hydrogen-bond acceptors (Lipinski definition) is 2. The number of ether oxygens (including phenoxy) is 1. The van der Waals surface area contributed by atoms with Crippen molar-refractivity contribution >= 4 is 21.8 Å². The Balaban J connectivity index is 0.000000217. The van der Waals surface area contributed by atoms with E-state index in [0.717, 1.165) is 6.61 Å². The van der Waals surface area contributed by atoms with E-state index in [2.05, 4.69) is 0 Å². The molecule has 1 fully saturated rings. The molecule has 0 aromatic heterocycles. The summed E-state index contributed by atoms with van der Waals surface area (Å²) in [6, 6.07) is 0. The van der Waals surface area contributed by atoms with Gasteiger partial charge >= 0.3 is 0 Å². The molecule has 1 N–H and O–H groups in total. The van der Waals surface area contributed by atoms with Gasteiger partial charge < -0.3 is 9.84 Å². The summed E-state index contributed by atoms with van der Waals surface area (Å²) in [6.07, 6.45) is 4.72.